The van der Waals surface area contributed by atoms with Crippen molar-refractivity contribution in [2.45, 2.75) is 32.6 Å². The number of carbonyl (C=O) groups excluding carboxylic acids is 1. The number of amides is 1. The molecule has 2 unspecified atom stereocenters. The summed E-state index contributed by atoms with van der Waals surface area (Å²) in [6.45, 7) is 3.53. The van der Waals surface area contributed by atoms with Gasteiger partial charge in [-0.1, -0.05) is 11.6 Å². The molecular formula is C13H19NO3. The zero-order chi connectivity index (χ0) is 12.4. The van der Waals surface area contributed by atoms with E-state index >= 15 is 0 Å². The van der Waals surface area contributed by atoms with E-state index in [1.807, 2.05) is 11.8 Å². The first-order chi connectivity index (χ1) is 8.08. The number of carboxylic acids is 1. The predicted octanol–water partition coefficient (Wildman–Crippen LogP) is 1.67. The van der Waals surface area contributed by atoms with Crippen LogP contribution in [0.4, 0.5) is 0 Å². The fourth-order valence-electron chi connectivity index (χ4n) is 2.79. The molecule has 0 saturated heterocycles. The van der Waals surface area contributed by atoms with Gasteiger partial charge in [-0.15, -0.1) is 0 Å². The summed E-state index contributed by atoms with van der Waals surface area (Å²) < 4.78 is 0. The summed E-state index contributed by atoms with van der Waals surface area (Å²) in [6, 6.07) is 0. The van der Waals surface area contributed by atoms with E-state index in [9.17, 15) is 9.59 Å². The Kier molecular flexibility index (Phi) is 3.50. The molecule has 17 heavy (non-hydrogen) atoms. The number of aliphatic carboxylic acids is 1. The summed E-state index contributed by atoms with van der Waals surface area (Å²) in [4.78, 5) is 25.0. The summed E-state index contributed by atoms with van der Waals surface area (Å²) in [6.07, 6.45) is 4.99. The van der Waals surface area contributed by atoms with Crippen LogP contribution < -0.4 is 0 Å². The van der Waals surface area contributed by atoms with Crippen LogP contribution in [0, 0.1) is 11.8 Å². The molecule has 0 bridgehead atoms. The molecule has 1 heterocycles. The number of rotatable bonds is 2. The van der Waals surface area contributed by atoms with Gasteiger partial charge in [0.1, 0.15) is 0 Å². The van der Waals surface area contributed by atoms with E-state index in [2.05, 4.69) is 6.08 Å². The van der Waals surface area contributed by atoms with Gasteiger partial charge in [0.2, 0.25) is 5.91 Å². The van der Waals surface area contributed by atoms with Crippen LogP contribution in [0.1, 0.15) is 32.6 Å². The molecule has 1 fully saturated rings. The maximum absolute atomic E-state index is 12.2. The van der Waals surface area contributed by atoms with Crippen molar-refractivity contribution in [2.75, 3.05) is 13.1 Å². The van der Waals surface area contributed by atoms with Gasteiger partial charge in [-0.05, 0) is 32.6 Å². The van der Waals surface area contributed by atoms with Crippen LogP contribution >= 0.6 is 0 Å². The largest absolute Gasteiger partial charge is 0.481 e. The lowest BCUT2D eigenvalue weighted by Crippen LogP contribution is -2.39. The maximum atomic E-state index is 12.2. The van der Waals surface area contributed by atoms with Crippen molar-refractivity contribution in [3.05, 3.63) is 11.6 Å². The number of hydrogen-bond donors (Lipinski definition) is 1. The lowest BCUT2D eigenvalue weighted by atomic mass is 10.0. The number of carboxylic acid groups (broad SMARTS) is 1. The van der Waals surface area contributed by atoms with Crippen LogP contribution in [0.2, 0.25) is 0 Å². The van der Waals surface area contributed by atoms with Gasteiger partial charge in [-0.3, -0.25) is 9.59 Å². The molecule has 0 aromatic carbocycles. The van der Waals surface area contributed by atoms with Crippen LogP contribution in [-0.4, -0.2) is 35.0 Å². The van der Waals surface area contributed by atoms with Gasteiger partial charge in [-0.2, -0.15) is 0 Å². The Morgan fingerprint density at radius 3 is 2.65 bits per heavy atom. The Bertz CT molecular complexity index is 362. The molecule has 0 aromatic rings. The molecule has 1 N–H and O–H groups in total. The van der Waals surface area contributed by atoms with Crippen molar-refractivity contribution in [3.63, 3.8) is 0 Å². The van der Waals surface area contributed by atoms with Crippen LogP contribution in [0.15, 0.2) is 11.6 Å². The lowest BCUT2D eigenvalue weighted by Gasteiger charge is -2.28. The van der Waals surface area contributed by atoms with Gasteiger partial charge in [0.25, 0.3) is 0 Å². The quantitative estimate of drug-likeness (QED) is 0.743. The number of nitrogens with zero attached hydrogens (tertiary/aromatic N) is 1. The standard InChI is InChI=1S/C13H19NO3/c1-9-3-2-6-14(8-9)12(15)10-4-5-11(7-10)13(16)17/h3,10-11H,2,4-8H2,1H3,(H,16,17). The second kappa shape index (κ2) is 4.90. The van der Waals surface area contributed by atoms with Crippen molar-refractivity contribution < 1.29 is 14.7 Å². The molecule has 0 spiro atoms. The number of carbonyl (C=O) groups is 2. The summed E-state index contributed by atoms with van der Waals surface area (Å²) in [7, 11) is 0. The first-order valence-electron chi connectivity index (χ1n) is 6.25. The molecule has 1 saturated carbocycles. The molecule has 1 aliphatic heterocycles. The van der Waals surface area contributed by atoms with Gasteiger partial charge >= 0.3 is 5.97 Å². The zero-order valence-electron chi connectivity index (χ0n) is 10.2. The predicted molar refractivity (Wildman–Crippen MR) is 63.4 cm³/mol. The summed E-state index contributed by atoms with van der Waals surface area (Å²) in [5, 5.41) is 8.93. The molecule has 1 aliphatic carbocycles. The summed E-state index contributed by atoms with van der Waals surface area (Å²) >= 11 is 0. The Balaban J connectivity index is 1.93. The van der Waals surface area contributed by atoms with E-state index in [1.54, 1.807) is 0 Å². The highest BCUT2D eigenvalue weighted by molar-refractivity contribution is 5.81. The van der Waals surface area contributed by atoms with E-state index in [4.69, 9.17) is 5.11 Å². The third kappa shape index (κ3) is 2.68. The van der Waals surface area contributed by atoms with Gasteiger partial charge < -0.3 is 10.0 Å². The second-order valence-electron chi connectivity index (χ2n) is 5.14. The molecule has 4 heteroatoms. The first kappa shape index (κ1) is 12.1. The fraction of sp³-hybridized carbons (Fsp3) is 0.692. The molecule has 2 rings (SSSR count). The minimum Gasteiger partial charge on any atom is -0.481 e. The Morgan fingerprint density at radius 1 is 1.35 bits per heavy atom. The molecule has 0 aromatic heterocycles. The molecule has 94 valence electrons. The minimum atomic E-state index is -0.755. The van der Waals surface area contributed by atoms with Crippen molar-refractivity contribution in [1.29, 1.82) is 0 Å². The average Bonchev–Trinajstić information content (AvgIpc) is 2.77. The van der Waals surface area contributed by atoms with Crippen LogP contribution in [0.25, 0.3) is 0 Å². The zero-order valence-corrected chi connectivity index (χ0v) is 10.2. The number of hydrogen-bond acceptors (Lipinski definition) is 2. The van der Waals surface area contributed by atoms with Crippen molar-refractivity contribution in [2.24, 2.45) is 11.8 Å². The summed E-state index contributed by atoms with van der Waals surface area (Å²) in [5.41, 5.74) is 1.23. The second-order valence-corrected chi connectivity index (χ2v) is 5.14. The SMILES string of the molecule is CC1=CCCN(C(=O)C2CCC(C(=O)O)C2)C1. The smallest absolute Gasteiger partial charge is 0.306 e. The van der Waals surface area contributed by atoms with Crippen LogP contribution in [0.3, 0.4) is 0 Å². The monoisotopic (exact) mass is 237 g/mol. The highest BCUT2D eigenvalue weighted by Crippen LogP contribution is 2.32. The molecule has 1 amide bonds. The fourth-order valence-corrected chi connectivity index (χ4v) is 2.79. The van der Waals surface area contributed by atoms with E-state index < -0.39 is 5.97 Å². The average molecular weight is 237 g/mol. The molecule has 0 radical (unpaired) electrons. The van der Waals surface area contributed by atoms with Crippen LogP contribution in [-0.2, 0) is 9.59 Å². The molecule has 2 aliphatic rings. The third-order valence-electron chi connectivity index (χ3n) is 3.77. The van der Waals surface area contributed by atoms with Crippen LogP contribution in [0.5, 0.6) is 0 Å². The van der Waals surface area contributed by atoms with Crippen molar-refractivity contribution >= 4 is 11.9 Å². The minimum absolute atomic E-state index is 0.0676. The van der Waals surface area contributed by atoms with E-state index in [1.165, 1.54) is 5.57 Å². The highest BCUT2D eigenvalue weighted by atomic mass is 16.4. The maximum Gasteiger partial charge on any atom is 0.306 e. The van der Waals surface area contributed by atoms with Gasteiger partial charge in [-0.25, -0.2) is 0 Å². The molecule has 4 nitrogen and oxygen atoms in total. The molecular weight excluding hydrogens is 218 g/mol. The molecule has 2 atom stereocenters. The van der Waals surface area contributed by atoms with Gasteiger partial charge in [0.15, 0.2) is 0 Å². The highest BCUT2D eigenvalue weighted by Gasteiger charge is 2.35. The Hall–Kier alpha value is -1.32. The Labute approximate surface area is 101 Å². The van der Waals surface area contributed by atoms with Gasteiger partial charge in [0.05, 0.1) is 5.92 Å². The topological polar surface area (TPSA) is 57.6 Å². The lowest BCUT2D eigenvalue weighted by molar-refractivity contribution is -0.141. The Morgan fingerprint density at radius 2 is 2.06 bits per heavy atom. The van der Waals surface area contributed by atoms with Crippen molar-refractivity contribution in [3.8, 4) is 0 Å². The summed E-state index contributed by atoms with van der Waals surface area (Å²) in [5.74, 6) is -0.983. The van der Waals surface area contributed by atoms with E-state index in [0.717, 1.165) is 19.4 Å². The van der Waals surface area contributed by atoms with E-state index in [0.29, 0.717) is 19.4 Å². The first-order valence-corrected chi connectivity index (χ1v) is 6.25. The van der Waals surface area contributed by atoms with Gasteiger partial charge in [0, 0.05) is 19.0 Å². The third-order valence-corrected chi connectivity index (χ3v) is 3.77. The van der Waals surface area contributed by atoms with Crippen molar-refractivity contribution in [1.82, 2.24) is 4.90 Å². The normalized spacial score (nSPS) is 29.0. The van der Waals surface area contributed by atoms with E-state index in [-0.39, 0.29) is 17.7 Å².